The molecule has 6 rings (SSSR count). The molecule has 2 atom stereocenters. The highest BCUT2D eigenvalue weighted by Gasteiger charge is 2.34. The molecule has 1 fully saturated rings. The number of furan rings is 1. The lowest BCUT2D eigenvalue weighted by molar-refractivity contribution is 0.0316. The lowest BCUT2D eigenvalue weighted by atomic mass is 10.0. The maximum atomic E-state index is 15.0. The number of nitrogens with zero attached hydrogens (tertiary/aromatic N) is 3. The second kappa shape index (κ2) is 10.7. The molecule has 0 bridgehead atoms. The molecule has 1 amide bonds. The van der Waals surface area contributed by atoms with Gasteiger partial charge >= 0.3 is 0 Å². The zero-order chi connectivity index (χ0) is 28.7. The number of nitrogens with one attached hydrogen (secondary N) is 1. The average molecular weight is 553 g/mol. The van der Waals surface area contributed by atoms with Gasteiger partial charge in [-0.25, -0.2) is 9.49 Å². The number of hydrogen-bond acceptors (Lipinski definition) is 6. The minimum atomic E-state index is -0.595. The number of rotatable bonds is 6. The number of carbonyl (C=O) groups excluding carboxylic acids is 2. The van der Waals surface area contributed by atoms with Gasteiger partial charge in [0.15, 0.2) is 5.78 Å². The third-order valence-electron chi connectivity index (χ3n) is 7.91. The Morgan fingerprint density at radius 1 is 0.951 bits per heavy atom. The minimum absolute atomic E-state index is 0.00956. The summed E-state index contributed by atoms with van der Waals surface area (Å²) in [5, 5.41) is 8.75. The molecule has 5 aromatic rings. The van der Waals surface area contributed by atoms with E-state index in [2.05, 4.69) is 15.1 Å². The molecule has 1 aliphatic heterocycles. The molecule has 3 heterocycles. The van der Waals surface area contributed by atoms with Crippen LogP contribution in [0.15, 0.2) is 82.2 Å². The van der Waals surface area contributed by atoms with Crippen molar-refractivity contribution in [3.63, 3.8) is 0 Å². The monoisotopic (exact) mass is 552 g/mol. The predicted molar refractivity (Wildman–Crippen MR) is 154 cm³/mol. The van der Waals surface area contributed by atoms with Crippen LogP contribution in [0.25, 0.3) is 21.7 Å². The van der Waals surface area contributed by atoms with Gasteiger partial charge in [-0.1, -0.05) is 42.5 Å². The van der Waals surface area contributed by atoms with Crippen LogP contribution in [0.3, 0.4) is 0 Å². The van der Waals surface area contributed by atoms with Gasteiger partial charge in [0.2, 0.25) is 0 Å². The SMILES string of the molecule is C[C@@H]1CN(C(=O)c2cc(Cc3n[nH]c(=O)c4ccccc34)ccc2F)[C@@H](C)CN1CC(=O)c1coc2ccccc12. The van der Waals surface area contributed by atoms with Crippen molar-refractivity contribution in [3.8, 4) is 0 Å². The van der Waals surface area contributed by atoms with Crippen molar-refractivity contribution < 1.29 is 18.4 Å². The number of hydrogen-bond donors (Lipinski definition) is 1. The summed E-state index contributed by atoms with van der Waals surface area (Å²) >= 11 is 0. The van der Waals surface area contributed by atoms with Crippen molar-refractivity contribution in [2.75, 3.05) is 19.6 Å². The van der Waals surface area contributed by atoms with Crippen LogP contribution in [0, 0.1) is 5.82 Å². The number of amides is 1. The Hall–Kier alpha value is -4.63. The van der Waals surface area contributed by atoms with E-state index in [1.165, 1.54) is 12.3 Å². The first-order valence-electron chi connectivity index (χ1n) is 13.6. The third-order valence-corrected chi connectivity index (χ3v) is 7.91. The molecule has 0 saturated carbocycles. The second-order valence-electron chi connectivity index (χ2n) is 10.7. The van der Waals surface area contributed by atoms with Crippen molar-refractivity contribution in [3.05, 3.63) is 112 Å². The summed E-state index contributed by atoms with van der Waals surface area (Å²) in [5.41, 5.74) is 2.27. The molecule has 0 radical (unpaired) electrons. The van der Waals surface area contributed by atoms with Crippen molar-refractivity contribution in [1.82, 2.24) is 20.0 Å². The molecule has 0 unspecified atom stereocenters. The summed E-state index contributed by atoms with van der Waals surface area (Å²) in [6, 6.07) is 18.7. The predicted octanol–water partition coefficient (Wildman–Crippen LogP) is 4.82. The van der Waals surface area contributed by atoms with Crippen LogP contribution in [0.1, 0.15) is 45.8 Å². The van der Waals surface area contributed by atoms with E-state index in [1.807, 2.05) is 50.2 Å². The maximum Gasteiger partial charge on any atom is 0.272 e. The second-order valence-corrected chi connectivity index (χ2v) is 10.7. The Balaban J connectivity index is 1.18. The summed E-state index contributed by atoms with van der Waals surface area (Å²) in [6.07, 6.45) is 1.82. The van der Waals surface area contributed by atoms with Crippen LogP contribution in [-0.4, -0.2) is 63.4 Å². The van der Waals surface area contributed by atoms with Crippen molar-refractivity contribution in [1.29, 1.82) is 0 Å². The maximum absolute atomic E-state index is 15.0. The van der Waals surface area contributed by atoms with Crippen LogP contribution in [0.2, 0.25) is 0 Å². The Morgan fingerprint density at radius 2 is 1.68 bits per heavy atom. The molecule has 1 saturated heterocycles. The van der Waals surface area contributed by atoms with Crippen LogP contribution < -0.4 is 5.56 Å². The number of benzene rings is 3. The zero-order valence-electron chi connectivity index (χ0n) is 22.8. The Morgan fingerprint density at radius 3 is 2.49 bits per heavy atom. The molecule has 1 aliphatic rings. The first kappa shape index (κ1) is 26.6. The molecule has 41 heavy (non-hydrogen) atoms. The number of piperazine rings is 1. The molecule has 2 aromatic heterocycles. The zero-order valence-corrected chi connectivity index (χ0v) is 22.8. The number of halogens is 1. The number of ketones is 1. The Kier molecular flexibility index (Phi) is 6.96. The molecule has 208 valence electrons. The Bertz CT molecular complexity index is 1840. The number of fused-ring (bicyclic) bond motifs is 2. The first-order valence-corrected chi connectivity index (χ1v) is 13.6. The van der Waals surface area contributed by atoms with E-state index in [1.54, 1.807) is 29.2 Å². The van der Waals surface area contributed by atoms with Gasteiger partial charge in [-0.2, -0.15) is 5.10 Å². The van der Waals surface area contributed by atoms with E-state index in [0.717, 1.165) is 5.39 Å². The number of aromatic amines is 1. The van der Waals surface area contributed by atoms with Crippen LogP contribution in [0.5, 0.6) is 0 Å². The first-order chi connectivity index (χ1) is 19.8. The van der Waals surface area contributed by atoms with Crippen LogP contribution >= 0.6 is 0 Å². The summed E-state index contributed by atoms with van der Waals surface area (Å²) < 4.78 is 20.5. The topological polar surface area (TPSA) is 99.5 Å². The van der Waals surface area contributed by atoms with E-state index < -0.39 is 11.7 Å². The van der Waals surface area contributed by atoms with Gasteiger partial charge in [-0.3, -0.25) is 19.3 Å². The Labute approximate surface area is 235 Å². The smallest absolute Gasteiger partial charge is 0.272 e. The summed E-state index contributed by atoms with van der Waals surface area (Å²) in [4.78, 5) is 42.7. The fraction of sp³-hybridized carbons (Fsp3) is 0.250. The van der Waals surface area contributed by atoms with Gasteiger partial charge in [0.25, 0.3) is 11.5 Å². The normalized spacial score (nSPS) is 17.8. The van der Waals surface area contributed by atoms with Crippen molar-refractivity contribution >= 4 is 33.4 Å². The van der Waals surface area contributed by atoms with Gasteiger partial charge in [-0.15, -0.1) is 0 Å². The number of H-pyrrole nitrogens is 1. The molecular formula is C32H29FN4O4. The largest absolute Gasteiger partial charge is 0.464 e. The third kappa shape index (κ3) is 5.04. The van der Waals surface area contributed by atoms with Gasteiger partial charge in [-0.05, 0) is 43.7 Å². The van der Waals surface area contributed by atoms with Crippen molar-refractivity contribution in [2.24, 2.45) is 0 Å². The quantitative estimate of drug-likeness (QED) is 0.304. The highest BCUT2D eigenvalue weighted by molar-refractivity contribution is 6.08. The van der Waals surface area contributed by atoms with Gasteiger partial charge in [0.05, 0.1) is 28.8 Å². The van der Waals surface area contributed by atoms with Gasteiger partial charge in [0, 0.05) is 42.4 Å². The molecule has 3 aromatic carbocycles. The van der Waals surface area contributed by atoms with Crippen LogP contribution in [-0.2, 0) is 6.42 Å². The minimum Gasteiger partial charge on any atom is -0.464 e. The summed E-state index contributed by atoms with van der Waals surface area (Å²) in [6.45, 7) is 4.90. The van der Waals surface area contributed by atoms with E-state index in [-0.39, 0.29) is 35.5 Å². The number of para-hydroxylation sites is 1. The molecule has 0 aliphatic carbocycles. The highest BCUT2D eigenvalue weighted by Crippen LogP contribution is 2.25. The molecule has 1 N–H and O–H groups in total. The van der Waals surface area contributed by atoms with Crippen LogP contribution in [0.4, 0.5) is 4.39 Å². The lowest BCUT2D eigenvalue weighted by Crippen LogP contribution is -2.58. The fourth-order valence-corrected chi connectivity index (χ4v) is 5.67. The lowest BCUT2D eigenvalue weighted by Gasteiger charge is -2.44. The number of carbonyl (C=O) groups is 2. The van der Waals surface area contributed by atoms with Crippen molar-refractivity contribution in [2.45, 2.75) is 32.4 Å². The highest BCUT2D eigenvalue weighted by atomic mass is 19.1. The molecule has 9 heteroatoms. The van der Waals surface area contributed by atoms with E-state index in [0.29, 0.717) is 52.7 Å². The molecular weight excluding hydrogens is 523 g/mol. The van der Waals surface area contributed by atoms with Gasteiger partial charge < -0.3 is 9.32 Å². The number of Topliss-reactive ketones (excluding diaryl/α,β-unsaturated/α-hetero) is 1. The summed E-state index contributed by atoms with van der Waals surface area (Å²) in [7, 11) is 0. The van der Waals surface area contributed by atoms with Gasteiger partial charge in [0.1, 0.15) is 17.7 Å². The van der Waals surface area contributed by atoms with E-state index in [4.69, 9.17) is 4.42 Å². The standard InChI is InChI=1S/C32H29FN4O4/c1-19-16-37(20(2)15-36(19)17-29(38)26-18-41-30-10-6-5-8-23(26)30)32(40)25-13-21(11-12-27(25)33)14-28-22-7-3-4-9-24(22)31(39)35-34-28/h3-13,18-20H,14-17H2,1-2H3,(H,35,39)/t19-,20+/m1/s1. The molecule has 8 nitrogen and oxygen atoms in total. The van der Waals surface area contributed by atoms with E-state index in [9.17, 15) is 14.4 Å². The fourth-order valence-electron chi connectivity index (χ4n) is 5.67. The summed E-state index contributed by atoms with van der Waals surface area (Å²) in [5.74, 6) is -1.03. The number of aromatic nitrogens is 2. The van der Waals surface area contributed by atoms with E-state index >= 15 is 4.39 Å². The average Bonchev–Trinajstić information content (AvgIpc) is 3.41. The molecule has 0 spiro atoms.